The van der Waals surface area contributed by atoms with Gasteiger partial charge in [-0.1, -0.05) is 13.3 Å². The Hall–Kier alpha value is -0.870. The summed E-state index contributed by atoms with van der Waals surface area (Å²) in [6.45, 7) is 5.34. The van der Waals surface area contributed by atoms with Gasteiger partial charge in [0.15, 0.2) is 0 Å². The standard InChI is InChI=1S/C12H17NO2S/c1-2-3-5-13-6-4-10-9(8-13)7-11(16-10)12(14)15/h7H,2-6,8H2,1H3,(H,14,15). The smallest absolute Gasteiger partial charge is 0.345 e. The molecule has 3 nitrogen and oxygen atoms in total. The number of nitrogens with zero attached hydrogens (tertiary/aromatic N) is 1. The molecular weight excluding hydrogens is 222 g/mol. The zero-order valence-electron chi connectivity index (χ0n) is 9.53. The highest BCUT2D eigenvalue weighted by molar-refractivity contribution is 7.14. The zero-order valence-corrected chi connectivity index (χ0v) is 10.3. The molecule has 1 aliphatic rings. The van der Waals surface area contributed by atoms with Gasteiger partial charge in [-0.25, -0.2) is 4.79 Å². The predicted molar refractivity (Wildman–Crippen MR) is 65.2 cm³/mol. The fourth-order valence-electron chi connectivity index (χ4n) is 2.07. The maximum Gasteiger partial charge on any atom is 0.345 e. The van der Waals surface area contributed by atoms with E-state index in [1.807, 2.05) is 6.07 Å². The van der Waals surface area contributed by atoms with Crippen molar-refractivity contribution < 1.29 is 9.90 Å². The number of fused-ring (bicyclic) bond motifs is 1. The quantitative estimate of drug-likeness (QED) is 0.878. The molecule has 0 amide bonds. The Kier molecular flexibility index (Phi) is 3.61. The average Bonchev–Trinajstić information content (AvgIpc) is 2.69. The number of carbonyl (C=O) groups is 1. The molecule has 2 heterocycles. The molecule has 16 heavy (non-hydrogen) atoms. The third kappa shape index (κ3) is 2.44. The summed E-state index contributed by atoms with van der Waals surface area (Å²) < 4.78 is 0. The largest absolute Gasteiger partial charge is 0.477 e. The molecule has 0 bridgehead atoms. The average molecular weight is 239 g/mol. The summed E-state index contributed by atoms with van der Waals surface area (Å²) in [5.74, 6) is -0.792. The van der Waals surface area contributed by atoms with Crippen LogP contribution in [0.15, 0.2) is 6.07 Å². The highest BCUT2D eigenvalue weighted by Gasteiger charge is 2.20. The molecule has 0 aromatic carbocycles. The number of hydrogen-bond acceptors (Lipinski definition) is 3. The number of hydrogen-bond donors (Lipinski definition) is 1. The minimum atomic E-state index is -0.792. The fourth-order valence-corrected chi connectivity index (χ4v) is 3.07. The lowest BCUT2D eigenvalue weighted by Gasteiger charge is -2.26. The molecule has 0 atom stereocenters. The van der Waals surface area contributed by atoms with Crippen LogP contribution in [0.4, 0.5) is 0 Å². The normalized spacial score (nSPS) is 16.1. The van der Waals surface area contributed by atoms with Crippen LogP contribution in [0.1, 0.15) is 39.9 Å². The van der Waals surface area contributed by atoms with Crippen LogP contribution in [0, 0.1) is 0 Å². The monoisotopic (exact) mass is 239 g/mol. The van der Waals surface area contributed by atoms with Crippen LogP contribution in [-0.4, -0.2) is 29.1 Å². The van der Waals surface area contributed by atoms with Crippen LogP contribution in [0.25, 0.3) is 0 Å². The number of unbranched alkanes of at least 4 members (excludes halogenated alkanes) is 1. The predicted octanol–water partition coefficient (Wildman–Crippen LogP) is 2.60. The van der Waals surface area contributed by atoms with Crippen LogP contribution >= 0.6 is 11.3 Å². The van der Waals surface area contributed by atoms with Crippen molar-refractivity contribution in [3.8, 4) is 0 Å². The summed E-state index contributed by atoms with van der Waals surface area (Å²) in [5, 5.41) is 8.94. The van der Waals surface area contributed by atoms with Gasteiger partial charge in [-0.05, 0) is 31.0 Å². The first-order valence-electron chi connectivity index (χ1n) is 5.78. The summed E-state index contributed by atoms with van der Waals surface area (Å²) in [7, 11) is 0. The Morgan fingerprint density at radius 2 is 2.44 bits per heavy atom. The van der Waals surface area contributed by atoms with Gasteiger partial charge >= 0.3 is 5.97 Å². The summed E-state index contributed by atoms with van der Waals surface area (Å²) in [6, 6.07) is 1.85. The van der Waals surface area contributed by atoms with Gasteiger partial charge in [-0.3, -0.25) is 4.90 Å². The first-order valence-corrected chi connectivity index (χ1v) is 6.59. The number of rotatable bonds is 4. The zero-order chi connectivity index (χ0) is 11.5. The number of carboxylic acids is 1. The Morgan fingerprint density at radius 3 is 3.12 bits per heavy atom. The fraction of sp³-hybridized carbons (Fsp3) is 0.583. The Bertz CT molecular complexity index is 386. The van der Waals surface area contributed by atoms with E-state index in [0.29, 0.717) is 4.88 Å². The molecule has 1 aliphatic heterocycles. The van der Waals surface area contributed by atoms with Crippen molar-refractivity contribution >= 4 is 17.3 Å². The molecule has 0 spiro atoms. The lowest BCUT2D eigenvalue weighted by atomic mass is 10.1. The van der Waals surface area contributed by atoms with Crippen molar-refractivity contribution in [2.75, 3.05) is 13.1 Å². The van der Waals surface area contributed by atoms with Crippen molar-refractivity contribution in [3.05, 3.63) is 21.4 Å². The van der Waals surface area contributed by atoms with Gasteiger partial charge in [0.05, 0.1) is 0 Å². The number of thiophene rings is 1. The van der Waals surface area contributed by atoms with Crippen molar-refractivity contribution in [3.63, 3.8) is 0 Å². The summed E-state index contributed by atoms with van der Waals surface area (Å²) in [4.78, 5) is 15.0. The van der Waals surface area contributed by atoms with E-state index in [1.165, 1.54) is 34.6 Å². The molecule has 0 unspecified atom stereocenters. The number of aromatic carboxylic acids is 1. The summed E-state index contributed by atoms with van der Waals surface area (Å²) >= 11 is 1.44. The lowest BCUT2D eigenvalue weighted by Crippen LogP contribution is -2.30. The lowest BCUT2D eigenvalue weighted by molar-refractivity contribution is 0.0702. The van der Waals surface area contributed by atoms with E-state index in [9.17, 15) is 4.79 Å². The van der Waals surface area contributed by atoms with Crippen molar-refractivity contribution in [2.24, 2.45) is 0 Å². The van der Waals surface area contributed by atoms with E-state index in [2.05, 4.69) is 11.8 Å². The third-order valence-electron chi connectivity index (χ3n) is 2.98. The van der Waals surface area contributed by atoms with Crippen LogP contribution in [0.3, 0.4) is 0 Å². The molecule has 1 aromatic heterocycles. The van der Waals surface area contributed by atoms with Gasteiger partial charge in [0.25, 0.3) is 0 Å². The molecule has 2 rings (SSSR count). The van der Waals surface area contributed by atoms with Crippen LogP contribution in [-0.2, 0) is 13.0 Å². The first kappa shape index (κ1) is 11.6. The molecule has 1 N–H and O–H groups in total. The van der Waals surface area contributed by atoms with Gasteiger partial charge in [0.1, 0.15) is 4.88 Å². The SMILES string of the molecule is CCCCN1CCc2sc(C(=O)O)cc2C1. The molecule has 0 saturated carbocycles. The van der Waals surface area contributed by atoms with E-state index in [-0.39, 0.29) is 0 Å². The molecule has 0 aliphatic carbocycles. The minimum absolute atomic E-state index is 0.488. The van der Waals surface area contributed by atoms with Crippen molar-refractivity contribution in [2.45, 2.75) is 32.7 Å². The van der Waals surface area contributed by atoms with Crippen LogP contribution in [0.2, 0.25) is 0 Å². The van der Waals surface area contributed by atoms with E-state index >= 15 is 0 Å². The van der Waals surface area contributed by atoms with Gasteiger partial charge < -0.3 is 5.11 Å². The second kappa shape index (κ2) is 4.97. The van der Waals surface area contributed by atoms with Crippen LogP contribution in [0.5, 0.6) is 0 Å². The summed E-state index contributed by atoms with van der Waals surface area (Å²) in [5.41, 5.74) is 1.23. The maximum absolute atomic E-state index is 10.9. The topological polar surface area (TPSA) is 40.5 Å². The van der Waals surface area contributed by atoms with Crippen molar-refractivity contribution in [1.29, 1.82) is 0 Å². The second-order valence-corrected chi connectivity index (χ2v) is 5.38. The molecule has 0 saturated heterocycles. The summed E-state index contributed by atoms with van der Waals surface area (Å²) in [6.07, 6.45) is 3.45. The maximum atomic E-state index is 10.9. The van der Waals surface area contributed by atoms with E-state index in [0.717, 1.165) is 26.1 Å². The highest BCUT2D eigenvalue weighted by Crippen LogP contribution is 2.28. The van der Waals surface area contributed by atoms with Gasteiger partial charge in [0.2, 0.25) is 0 Å². The van der Waals surface area contributed by atoms with Crippen molar-refractivity contribution in [1.82, 2.24) is 4.90 Å². The molecule has 4 heteroatoms. The van der Waals surface area contributed by atoms with E-state index in [4.69, 9.17) is 5.11 Å². The number of carboxylic acid groups (broad SMARTS) is 1. The molecule has 1 aromatic rings. The Balaban J connectivity index is 2.05. The molecular formula is C12H17NO2S. The Morgan fingerprint density at radius 1 is 1.62 bits per heavy atom. The second-order valence-electron chi connectivity index (χ2n) is 4.24. The first-order chi connectivity index (χ1) is 7.70. The van der Waals surface area contributed by atoms with Gasteiger partial charge in [0, 0.05) is 18.0 Å². The minimum Gasteiger partial charge on any atom is -0.477 e. The highest BCUT2D eigenvalue weighted by atomic mass is 32.1. The molecule has 0 radical (unpaired) electrons. The Labute approximate surface area is 99.7 Å². The molecule has 0 fully saturated rings. The van der Waals surface area contributed by atoms with Gasteiger partial charge in [-0.15, -0.1) is 11.3 Å². The third-order valence-corrected chi connectivity index (χ3v) is 4.21. The van der Waals surface area contributed by atoms with Gasteiger partial charge in [-0.2, -0.15) is 0 Å². The van der Waals surface area contributed by atoms with E-state index in [1.54, 1.807) is 0 Å². The molecule has 88 valence electrons. The van der Waals surface area contributed by atoms with Crippen LogP contribution < -0.4 is 0 Å². The van der Waals surface area contributed by atoms with E-state index < -0.39 is 5.97 Å².